The van der Waals surface area contributed by atoms with Gasteiger partial charge in [-0.15, -0.1) is 11.6 Å². The van der Waals surface area contributed by atoms with E-state index in [1.807, 2.05) is 19.1 Å². The SMILES string of the molecule is Cc1ncccc1OCCCCCl. The molecule has 0 spiro atoms. The van der Waals surface area contributed by atoms with Crippen molar-refractivity contribution in [3.05, 3.63) is 24.0 Å². The third kappa shape index (κ3) is 3.64. The van der Waals surface area contributed by atoms with E-state index in [1.54, 1.807) is 6.20 Å². The third-order valence-electron chi connectivity index (χ3n) is 1.74. The van der Waals surface area contributed by atoms with Crippen LogP contribution >= 0.6 is 11.6 Å². The van der Waals surface area contributed by atoms with E-state index in [0.29, 0.717) is 5.88 Å². The molecule has 2 nitrogen and oxygen atoms in total. The Morgan fingerprint density at radius 2 is 2.31 bits per heavy atom. The lowest BCUT2D eigenvalue weighted by Crippen LogP contribution is -1.99. The van der Waals surface area contributed by atoms with Gasteiger partial charge in [-0.3, -0.25) is 4.98 Å². The molecule has 1 heterocycles. The van der Waals surface area contributed by atoms with E-state index in [1.165, 1.54) is 0 Å². The smallest absolute Gasteiger partial charge is 0.140 e. The number of halogens is 1. The number of aromatic nitrogens is 1. The predicted molar refractivity (Wildman–Crippen MR) is 54.4 cm³/mol. The van der Waals surface area contributed by atoms with Crippen LogP contribution in [0.2, 0.25) is 0 Å². The molecule has 0 atom stereocenters. The van der Waals surface area contributed by atoms with Gasteiger partial charge < -0.3 is 4.74 Å². The van der Waals surface area contributed by atoms with Gasteiger partial charge in [-0.2, -0.15) is 0 Å². The van der Waals surface area contributed by atoms with Gasteiger partial charge in [0.05, 0.1) is 12.3 Å². The second kappa shape index (κ2) is 5.81. The average Bonchev–Trinajstić information content (AvgIpc) is 2.15. The summed E-state index contributed by atoms with van der Waals surface area (Å²) in [6.45, 7) is 2.66. The molecule has 3 heteroatoms. The predicted octanol–water partition coefficient (Wildman–Crippen LogP) is 2.79. The minimum absolute atomic E-state index is 0.704. The van der Waals surface area contributed by atoms with Crippen molar-refractivity contribution in [2.75, 3.05) is 12.5 Å². The number of alkyl halides is 1. The fourth-order valence-corrected chi connectivity index (χ4v) is 1.19. The summed E-state index contributed by atoms with van der Waals surface area (Å²) < 4.78 is 5.52. The minimum Gasteiger partial charge on any atom is -0.492 e. The third-order valence-corrected chi connectivity index (χ3v) is 2.01. The molecule has 0 N–H and O–H groups in total. The molecule has 0 aliphatic heterocycles. The number of rotatable bonds is 5. The monoisotopic (exact) mass is 199 g/mol. The Morgan fingerprint density at radius 3 is 3.00 bits per heavy atom. The Hall–Kier alpha value is -0.760. The number of hydrogen-bond donors (Lipinski definition) is 0. The van der Waals surface area contributed by atoms with Crippen molar-refractivity contribution in [2.24, 2.45) is 0 Å². The standard InChI is InChI=1S/C10H14ClNO/c1-9-10(5-4-7-12-9)13-8-3-2-6-11/h4-5,7H,2-3,6,8H2,1H3. The topological polar surface area (TPSA) is 22.1 Å². The van der Waals surface area contributed by atoms with E-state index < -0.39 is 0 Å². The van der Waals surface area contributed by atoms with Gasteiger partial charge >= 0.3 is 0 Å². The molecule has 72 valence electrons. The normalized spacial score (nSPS) is 10.0. The lowest BCUT2D eigenvalue weighted by Gasteiger charge is -2.06. The van der Waals surface area contributed by atoms with Gasteiger partial charge in [-0.05, 0) is 31.9 Å². The van der Waals surface area contributed by atoms with Crippen LogP contribution in [-0.4, -0.2) is 17.5 Å². The number of nitrogens with zero attached hydrogens (tertiary/aromatic N) is 1. The number of ether oxygens (including phenoxy) is 1. The highest BCUT2D eigenvalue weighted by atomic mass is 35.5. The van der Waals surface area contributed by atoms with E-state index in [9.17, 15) is 0 Å². The molecular weight excluding hydrogens is 186 g/mol. The summed E-state index contributed by atoms with van der Waals surface area (Å²) >= 11 is 5.55. The molecular formula is C10H14ClNO. The van der Waals surface area contributed by atoms with E-state index in [0.717, 1.165) is 30.9 Å². The van der Waals surface area contributed by atoms with Crippen molar-refractivity contribution in [1.29, 1.82) is 0 Å². The average molecular weight is 200 g/mol. The summed E-state index contributed by atoms with van der Waals surface area (Å²) in [5.41, 5.74) is 0.938. The van der Waals surface area contributed by atoms with Crippen LogP contribution in [0.1, 0.15) is 18.5 Å². The highest BCUT2D eigenvalue weighted by molar-refractivity contribution is 6.17. The molecule has 0 bridgehead atoms. The molecule has 1 aromatic heterocycles. The first-order chi connectivity index (χ1) is 6.34. The van der Waals surface area contributed by atoms with Gasteiger partial charge in [0.2, 0.25) is 0 Å². The van der Waals surface area contributed by atoms with Crippen LogP contribution in [0.5, 0.6) is 5.75 Å². The second-order valence-electron chi connectivity index (χ2n) is 2.83. The van der Waals surface area contributed by atoms with Crippen molar-refractivity contribution in [3.8, 4) is 5.75 Å². The first-order valence-electron chi connectivity index (χ1n) is 4.45. The van der Waals surface area contributed by atoms with Gasteiger partial charge in [-0.1, -0.05) is 0 Å². The first kappa shape index (κ1) is 10.3. The Bertz CT molecular complexity index is 252. The molecule has 0 radical (unpaired) electrons. The molecule has 0 saturated carbocycles. The fourth-order valence-electron chi connectivity index (χ4n) is 1.00. The summed E-state index contributed by atoms with van der Waals surface area (Å²) in [6, 6.07) is 3.81. The Kier molecular flexibility index (Phi) is 4.61. The molecule has 13 heavy (non-hydrogen) atoms. The molecule has 1 rings (SSSR count). The molecule has 1 aromatic rings. The van der Waals surface area contributed by atoms with Crippen LogP contribution in [0.15, 0.2) is 18.3 Å². The van der Waals surface area contributed by atoms with Crippen LogP contribution in [0, 0.1) is 6.92 Å². The van der Waals surface area contributed by atoms with Gasteiger partial charge in [0.15, 0.2) is 0 Å². The molecule has 0 aliphatic rings. The summed E-state index contributed by atoms with van der Waals surface area (Å²) in [7, 11) is 0. The van der Waals surface area contributed by atoms with Crippen LogP contribution in [0.25, 0.3) is 0 Å². The molecule has 0 fully saturated rings. The maximum atomic E-state index is 5.55. The van der Waals surface area contributed by atoms with E-state index in [2.05, 4.69) is 4.98 Å². The maximum absolute atomic E-state index is 5.55. The maximum Gasteiger partial charge on any atom is 0.140 e. The highest BCUT2D eigenvalue weighted by Crippen LogP contribution is 2.13. The summed E-state index contributed by atoms with van der Waals surface area (Å²) in [6.07, 6.45) is 3.76. The van der Waals surface area contributed by atoms with E-state index >= 15 is 0 Å². The van der Waals surface area contributed by atoms with E-state index in [4.69, 9.17) is 16.3 Å². The Balaban J connectivity index is 2.32. The van der Waals surface area contributed by atoms with E-state index in [-0.39, 0.29) is 0 Å². The zero-order valence-corrected chi connectivity index (χ0v) is 8.55. The van der Waals surface area contributed by atoms with Gasteiger partial charge in [0.25, 0.3) is 0 Å². The molecule has 0 aromatic carbocycles. The lowest BCUT2D eigenvalue weighted by atomic mass is 10.3. The molecule has 0 unspecified atom stereocenters. The second-order valence-corrected chi connectivity index (χ2v) is 3.21. The summed E-state index contributed by atoms with van der Waals surface area (Å²) in [5, 5.41) is 0. The molecule has 0 aliphatic carbocycles. The van der Waals surface area contributed by atoms with Crippen molar-refractivity contribution in [2.45, 2.75) is 19.8 Å². The largest absolute Gasteiger partial charge is 0.492 e. The van der Waals surface area contributed by atoms with Crippen molar-refractivity contribution < 1.29 is 4.74 Å². The molecule has 0 saturated heterocycles. The number of aryl methyl sites for hydroxylation is 1. The fraction of sp³-hybridized carbons (Fsp3) is 0.500. The Labute approximate surface area is 83.9 Å². The zero-order chi connectivity index (χ0) is 9.52. The van der Waals surface area contributed by atoms with Gasteiger partial charge in [0.1, 0.15) is 5.75 Å². The first-order valence-corrected chi connectivity index (χ1v) is 4.98. The quantitative estimate of drug-likeness (QED) is 0.538. The summed E-state index contributed by atoms with van der Waals surface area (Å²) in [5.74, 6) is 1.58. The van der Waals surface area contributed by atoms with Crippen LogP contribution in [-0.2, 0) is 0 Å². The van der Waals surface area contributed by atoms with Crippen LogP contribution in [0.3, 0.4) is 0 Å². The number of unbranched alkanes of at least 4 members (excludes halogenated alkanes) is 1. The van der Waals surface area contributed by atoms with Gasteiger partial charge in [0, 0.05) is 12.1 Å². The van der Waals surface area contributed by atoms with Crippen molar-refractivity contribution >= 4 is 11.6 Å². The van der Waals surface area contributed by atoms with Crippen molar-refractivity contribution in [3.63, 3.8) is 0 Å². The number of pyridine rings is 1. The van der Waals surface area contributed by atoms with Crippen LogP contribution in [0.4, 0.5) is 0 Å². The van der Waals surface area contributed by atoms with Crippen LogP contribution < -0.4 is 4.74 Å². The molecule has 0 amide bonds. The van der Waals surface area contributed by atoms with Gasteiger partial charge in [-0.25, -0.2) is 0 Å². The minimum atomic E-state index is 0.704. The Morgan fingerprint density at radius 1 is 1.46 bits per heavy atom. The lowest BCUT2D eigenvalue weighted by molar-refractivity contribution is 0.306. The van der Waals surface area contributed by atoms with Crippen molar-refractivity contribution in [1.82, 2.24) is 4.98 Å². The number of hydrogen-bond acceptors (Lipinski definition) is 2. The summed E-state index contributed by atoms with van der Waals surface area (Å²) in [4.78, 5) is 4.13. The highest BCUT2D eigenvalue weighted by Gasteiger charge is 1.97. The zero-order valence-electron chi connectivity index (χ0n) is 7.79.